The SMILES string of the molecule is CCCCCC[C@H](C)C(=O)Oc1ccc(C(=O)Oc2ccc(-c3ccc(C)cc3)cc2)cc1. The largest absolute Gasteiger partial charge is 0.426 e. The molecule has 0 aliphatic carbocycles. The van der Waals surface area contributed by atoms with Crippen molar-refractivity contribution >= 4 is 11.9 Å². The van der Waals surface area contributed by atoms with Crippen LogP contribution in [0, 0.1) is 12.8 Å². The molecule has 0 heterocycles. The average molecular weight is 445 g/mol. The molecular weight excluding hydrogens is 412 g/mol. The molecule has 0 amide bonds. The van der Waals surface area contributed by atoms with Crippen LogP contribution in [0.3, 0.4) is 0 Å². The van der Waals surface area contributed by atoms with E-state index >= 15 is 0 Å². The molecule has 172 valence electrons. The van der Waals surface area contributed by atoms with Crippen LogP contribution in [0.1, 0.15) is 61.9 Å². The lowest BCUT2D eigenvalue weighted by Crippen LogP contribution is -2.18. The zero-order valence-electron chi connectivity index (χ0n) is 19.7. The van der Waals surface area contributed by atoms with Gasteiger partial charge in [0.05, 0.1) is 11.5 Å². The van der Waals surface area contributed by atoms with Crippen LogP contribution in [0.2, 0.25) is 0 Å². The fourth-order valence-electron chi connectivity index (χ4n) is 3.50. The van der Waals surface area contributed by atoms with E-state index in [-0.39, 0.29) is 11.9 Å². The topological polar surface area (TPSA) is 52.6 Å². The van der Waals surface area contributed by atoms with Crippen LogP contribution in [-0.2, 0) is 4.79 Å². The molecule has 0 bridgehead atoms. The maximum atomic E-state index is 12.5. The van der Waals surface area contributed by atoms with E-state index in [9.17, 15) is 9.59 Å². The van der Waals surface area contributed by atoms with Gasteiger partial charge >= 0.3 is 11.9 Å². The Morgan fingerprint density at radius 1 is 0.727 bits per heavy atom. The third kappa shape index (κ3) is 7.31. The monoisotopic (exact) mass is 444 g/mol. The first-order valence-corrected chi connectivity index (χ1v) is 11.7. The lowest BCUT2D eigenvalue weighted by atomic mass is 10.0. The number of rotatable bonds is 10. The summed E-state index contributed by atoms with van der Waals surface area (Å²) in [5, 5.41) is 0. The minimum absolute atomic E-state index is 0.144. The number of esters is 2. The van der Waals surface area contributed by atoms with E-state index < -0.39 is 5.97 Å². The molecule has 3 rings (SSSR count). The van der Waals surface area contributed by atoms with Gasteiger partial charge in [0.2, 0.25) is 0 Å². The third-order valence-corrected chi connectivity index (χ3v) is 5.65. The van der Waals surface area contributed by atoms with Gasteiger partial charge in [0, 0.05) is 0 Å². The lowest BCUT2D eigenvalue weighted by molar-refractivity contribution is -0.138. The third-order valence-electron chi connectivity index (χ3n) is 5.65. The Labute approximate surface area is 196 Å². The summed E-state index contributed by atoms with van der Waals surface area (Å²) in [5.74, 6) is 0.0628. The van der Waals surface area contributed by atoms with E-state index in [1.54, 1.807) is 36.4 Å². The normalized spacial score (nSPS) is 11.6. The van der Waals surface area contributed by atoms with E-state index in [0.717, 1.165) is 30.4 Å². The number of hydrogen-bond acceptors (Lipinski definition) is 4. The molecule has 4 nitrogen and oxygen atoms in total. The maximum absolute atomic E-state index is 12.5. The second kappa shape index (κ2) is 12.0. The molecule has 4 heteroatoms. The smallest absolute Gasteiger partial charge is 0.343 e. The minimum Gasteiger partial charge on any atom is -0.426 e. The van der Waals surface area contributed by atoms with Crippen LogP contribution >= 0.6 is 0 Å². The maximum Gasteiger partial charge on any atom is 0.343 e. The van der Waals surface area contributed by atoms with Crippen LogP contribution in [-0.4, -0.2) is 11.9 Å². The summed E-state index contributed by atoms with van der Waals surface area (Å²) in [7, 11) is 0. The molecule has 1 atom stereocenters. The summed E-state index contributed by atoms with van der Waals surface area (Å²) in [6.07, 6.45) is 5.36. The summed E-state index contributed by atoms with van der Waals surface area (Å²) < 4.78 is 10.9. The Kier molecular flexibility index (Phi) is 8.82. The van der Waals surface area contributed by atoms with Crippen molar-refractivity contribution in [3.05, 3.63) is 83.9 Å². The molecule has 3 aromatic rings. The molecule has 33 heavy (non-hydrogen) atoms. The first-order chi connectivity index (χ1) is 16.0. The number of carbonyl (C=O) groups is 2. The second-order valence-corrected chi connectivity index (χ2v) is 8.48. The Morgan fingerprint density at radius 3 is 1.88 bits per heavy atom. The standard InChI is InChI=1S/C29H32O4/c1-4-5-6-7-8-22(3)28(30)32-26-19-15-25(16-20-26)29(31)33-27-17-13-24(14-18-27)23-11-9-21(2)10-12-23/h9-20,22H,4-8H2,1-3H3/t22-/m0/s1. The van der Waals surface area contributed by atoms with Crippen molar-refractivity contribution in [3.8, 4) is 22.6 Å². The van der Waals surface area contributed by atoms with Gasteiger partial charge in [0.1, 0.15) is 11.5 Å². The van der Waals surface area contributed by atoms with Crippen LogP contribution in [0.5, 0.6) is 11.5 Å². The Morgan fingerprint density at radius 2 is 1.27 bits per heavy atom. The molecular formula is C29H32O4. The zero-order valence-corrected chi connectivity index (χ0v) is 19.7. The molecule has 0 N–H and O–H groups in total. The second-order valence-electron chi connectivity index (χ2n) is 8.48. The van der Waals surface area contributed by atoms with Gasteiger partial charge < -0.3 is 9.47 Å². The highest BCUT2D eigenvalue weighted by Gasteiger charge is 2.16. The van der Waals surface area contributed by atoms with Crippen LogP contribution < -0.4 is 9.47 Å². The predicted octanol–water partition coefficient (Wildman–Crippen LogP) is 7.39. The first kappa shape index (κ1) is 24.2. The Bertz CT molecular complexity index is 1030. The van der Waals surface area contributed by atoms with Gasteiger partial charge in [-0.25, -0.2) is 4.79 Å². The summed E-state index contributed by atoms with van der Waals surface area (Å²) in [6, 6.07) is 22.2. The Hall–Kier alpha value is -3.40. The zero-order chi connectivity index (χ0) is 23.6. The summed E-state index contributed by atoms with van der Waals surface area (Å²) >= 11 is 0. The van der Waals surface area contributed by atoms with Crippen molar-refractivity contribution in [2.75, 3.05) is 0 Å². The predicted molar refractivity (Wildman–Crippen MR) is 132 cm³/mol. The Balaban J connectivity index is 1.52. The molecule has 0 fully saturated rings. The van der Waals surface area contributed by atoms with Crippen molar-refractivity contribution in [2.24, 2.45) is 5.92 Å². The van der Waals surface area contributed by atoms with Gasteiger partial charge in [0.15, 0.2) is 0 Å². The van der Waals surface area contributed by atoms with Gasteiger partial charge in [-0.05, 0) is 60.9 Å². The molecule has 0 aliphatic rings. The highest BCUT2D eigenvalue weighted by atomic mass is 16.5. The molecule has 0 saturated heterocycles. The molecule has 3 aromatic carbocycles. The number of hydrogen-bond donors (Lipinski definition) is 0. The van der Waals surface area contributed by atoms with E-state index in [4.69, 9.17) is 9.47 Å². The summed E-state index contributed by atoms with van der Waals surface area (Å²) in [4.78, 5) is 24.8. The number of ether oxygens (including phenoxy) is 2. The van der Waals surface area contributed by atoms with Gasteiger partial charge in [0.25, 0.3) is 0 Å². The van der Waals surface area contributed by atoms with Gasteiger partial charge in [-0.2, -0.15) is 0 Å². The summed E-state index contributed by atoms with van der Waals surface area (Å²) in [5.41, 5.74) is 3.77. The molecule has 0 unspecified atom stereocenters. The quantitative estimate of drug-likeness (QED) is 0.186. The number of carbonyl (C=O) groups excluding carboxylic acids is 2. The number of unbranched alkanes of at least 4 members (excludes halogenated alkanes) is 3. The van der Waals surface area contributed by atoms with Gasteiger partial charge in [-0.15, -0.1) is 0 Å². The van der Waals surface area contributed by atoms with E-state index in [2.05, 4.69) is 38.1 Å². The van der Waals surface area contributed by atoms with E-state index in [0.29, 0.717) is 17.1 Å². The molecule has 0 radical (unpaired) electrons. The van der Waals surface area contributed by atoms with E-state index in [1.807, 2.05) is 19.1 Å². The van der Waals surface area contributed by atoms with Gasteiger partial charge in [-0.1, -0.05) is 81.5 Å². The van der Waals surface area contributed by atoms with Crippen molar-refractivity contribution < 1.29 is 19.1 Å². The van der Waals surface area contributed by atoms with Crippen molar-refractivity contribution in [2.45, 2.75) is 52.9 Å². The van der Waals surface area contributed by atoms with Crippen molar-refractivity contribution in [3.63, 3.8) is 0 Å². The van der Waals surface area contributed by atoms with E-state index in [1.165, 1.54) is 18.4 Å². The fourth-order valence-corrected chi connectivity index (χ4v) is 3.50. The molecule has 0 spiro atoms. The van der Waals surface area contributed by atoms with Crippen LogP contribution in [0.15, 0.2) is 72.8 Å². The van der Waals surface area contributed by atoms with Crippen LogP contribution in [0.25, 0.3) is 11.1 Å². The highest BCUT2D eigenvalue weighted by Crippen LogP contribution is 2.24. The lowest BCUT2D eigenvalue weighted by Gasteiger charge is -2.11. The minimum atomic E-state index is -0.458. The highest BCUT2D eigenvalue weighted by molar-refractivity contribution is 5.91. The molecule has 0 aromatic heterocycles. The molecule has 0 saturated carbocycles. The van der Waals surface area contributed by atoms with Gasteiger partial charge in [-0.3, -0.25) is 4.79 Å². The van der Waals surface area contributed by atoms with Crippen molar-refractivity contribution in [1.29, 1.82) is 0 Å². The molecule has 0 aliphatic heterocycles. The van der Waals surface area contributed by atoms with Crippen molar-refractivity contribution in [1.82, 2.24) is 0 Å². The van der Waals surface area contributed by atoms with Crippen LogP contribution in [0.4, 0.5) is 0 Å². The number of benzene rings is 3. The summed E-state index contributed by atoms with van der Waals surface area (Å²) in [6.45, 7) is 6.11. The first-order valence-electron chi connectivity index (χ1n) is 11.7. The fraction of sp³-hybridized carbons (Fsp3) is 0.310. The average Bonchev–Trinajstić information content (AvgIpc) is 2.83. The number of aryl methyl sites for hydroxylation is 1.